The number of para-hydroxylation sites is 1. The van der Waals surface area contributed by atoms with Gasteiger partial charge in [0.05, 0.1) is 12.1 Å². The Bertz CT molecular complexity index is 1300. The first-order chi connectivity index (χ1) is 17.3. The van der Waals surface area contributed by atoms with Crippen molar-refractivity contribution in [2.75, 3.05) is 26.4 Å². The van der Waals surface area contributed by atoms with Crippen molar-refractivity contribution in [3.8, 4) is 11.5 Å². The summed E-state index contributed by atoms with van der Waals surface area (Å²) in [4.78, 5) is 14.8. The van der Waals surface area contributed by atoms with Crippen molar-refractivity contribution in [2.24, 2.45) is 0 Å². The Hall–Kier alpha value is -3.55. The van der Waals surface area contributed by atoms with Gasteiger partial charge in [0.15, 0.2) is 6.61 Å². The molecule has 1 aromatic heterocycles. The molecule has 0 bridgehead atoms. The third kappa shape index (κ3) is 6.56. The van der Waals surface area contributed by atoms with Crippen LogP contribution in [0.4, 0.5) is 0 Å². The highest BCUT2D eigenvalue weighted by atomic mass is 16.6. The van der Waals surface area contributed by atoms with Crippen LogP contribution in [0.1, 0.15) is 26.3 Å². The van der Waals surface area contributed by atoms with E-state index in [1.54, 1.807) is 6.92 Å². The molecule has 0 aliphatic rings. The van der Waals surface area contributed by atoms with Crippen LogP contribution in [0.3, 0.4) is 0 Å². The Morgan fingerprint density at radius 2 is 1.75 bits per heavy atom. The molecule has 7 nitrogen and oxygen atoms in total. The number of carbonyl (C=O) groups is 1. The number of nitrogens with one attached hydrogen (secondary N) is 2. The minimum absolute atomic E-state index is 0.102. The number of hydrogen-bond donors (Lipinski definition) is 3. The second-order valence-electron chi connectivity index (χ2n) is 9.49. The number of ether oxygens (including phenoxy) is 3. The van der Waals surface area contributed by atoms with Crippen molar-refractivity contribution >= 4 is 27.8 Å². The third-order valence-corrected chi connectivity index (χ3v) is 5.97. The molecule has 1 atom stereocenters. The Morgan fingerprint density at radius 1 is 1.00 bits per heavy atom. The summed E-state index contributed by atoms with van der Waals surface area (Å²) in [5, 5.41) is 16.2. The van der Waals surface area contributed by atoms with Crippen LogP contribution in [0, 0.1) is 0 Å². The van der Waals surface area contributed by atoms with Crippen molar-refractivity contribution in [1.82, 2.24) is 10.3 Å². The summed E-state index contributed by atoms with van der Waals surface area (Å²) < 4.78 is 16.4. The van der Waals surface area contributed by atoms with Crippen molar-refractivity contribution in [1.29, 1.82) is 0 Å². The molecule has 3 N–H and O–H groups in total. The van der Waals surface area contributed by atoms with Gasteiger partial charge < -0.3 is 29.6 Å². The van der Waals surface area contributed by atoms with Gasteiger partial charge in [0.25, 0.3) is 0 Å². The number of aromatic nitrogens is 1. The predicted molar refractivity (Wildman–Crippen MR) is 142 cm³/mol. The molecule has 0 fully saturated rings. The number of H-pyrrole nitrogens is 1. The number of esters is 1. The van der Waals surface area contributed by atoms with Gasteiger partial charge in [0, 0.05) is 28.4 Å². The van der Waals surface area contributed by atoms with E-state index < -0.39 is 6.10 Å². The number of aromatic amines is 1. The van der Waals surface area contributed by atoms with Crippen LogP contribution >= 0.6 is 0 Å². The predicted octanol–water partition coefficient (Wildman–Crippen LogP) is 4.61. The van der Waals surface area contributed by atoms with Crippen molar-refractivity contribution in [3.05, 3.63) is 72.3 Å². The van der Waals surface area contributed by atoms with Gasteiger partial charge in [-0.15, -0.1) is 0 Å². The number of carbonyl (C=O) groups excluding carboxylic acids is 1. The van der Waals surface area contributed by atoms with Gasteiger partial charge in [0.1, 0.15) is 24.2 Å². The molecular weight excluding hydrogens is 456 g/mol. The lowest BCUT2D eigenvalue weighted by Crippen LogP contribution is -2.46. The van der Waals surface area contributed by atoms with Crippen LogP contribution < -0.4 is 14.8 Å². The second kappa shape index (κ2) is 11.5. The normalized spacial score (nSPS) is 12.6. The van der Waals surface area contributed by atoms with Gasteiger partial charge in [-0.25, -0.2) is 4.79 Å². The quantitative estimate of drug-likeness (QED) is 0.251. The number of hydrogen-bond acceptors (Lipinski definition) is 6. The number of aliphatic hydroxyl groups excluding tert-OH is 1. The van der Waals surface area contributed by atoms with Gasteiger partial charge in [-0.2, -0.15) is 0 Å². The summed E-state index contributed by atoms with van der Waals surface area (Å²) in [5.41, 5.74) is 2.95. The molecule has 0 amide bonds. The highest BCUT2D eigenvalue weighted by Gasteiger charge is 2.20. The molecule has 3 aromatic carbocycles. The van der Waals surface area contributed by atoms with Crippen LogP contribution in [0.5, 0.6) is 11.5 Å². The number of benzene rings is 3. The molecule has 0 aliphatic carbocycles. The molecule has 0 aliphatic heterocycles. The monoisotopic (exact) mass is 490 g/mol. The maximum atomic E-state index is 11.4. The fourth-order valence-electron chi connectivity index (χ4n) is 4.25. The Kier molecular flexibility index (Phi) is 8.13. The largest absolute Gasteiger partial charge is 0.490 e. The van der Waals surface area contributed by atoms with Crippen LogP contribution in [-0.2, 0) is 16.0 Å². The SMILES string of the molecule is CCOC(=O)COc1ccc(CC(C)(C)NC[C@H](O)COc2cccc3[nH]c4ccccc4c23)cc1. The zero-order valence-corrected chi connectivity index (χ0v) is 21.0. The molecular formula is C29H34N2O5. The first kappa shape index (κ1) is 25.5. The first-order valence-corrected chi connectivity index (χ1v) is 12.3. The van der Waals surface area contributed by atoms with E-state index in [2.05, 4.69) is 30.2 Å². The lowest BCUT2D eigenvalue weighted by atomic mass is 9.94. The van der Waals surface area contributed by atoms with Gasteiger partial charge in [-0.3, -0.25) is 0 Å². The van der Waals surface area contributed by atoms with E-state index >= 15 is 0 Å². The standard InChI is InChI=1S/C29H34N2O5/c1-4-34-27(33)19-35-22-14-12-20(13-15-22)16-29(2,3)30-17-21(32)18-36-26-11-7-10-25-28(26)23-8-5-6-9-24(23)31-25/h5-15,21,30-32H,4,16-19H2,1-3H3/t21-/m0/s1. The van der Waals surface area contributed by atoms with Gasteiger partial charge >= 0.3 is 5.97 Å². The highest BCUT2D eigenvalue weighted by Crippen LogP contribution is 2.33. The van der Waals surface area contributed by atoms with Crippen LogP contribution in [0.15, 0.2) is 66.7 Å². The van der Waals surface area contributed by atoms with E-state index in [1.807, 2.05) is 60.7 Å². The van der Waals surface area contributed by atoms with Crippen LogP contribution in [0.25, 0.3) is 21.8 Å². The summed E-state index contributed by atoms with van der Waals surface area (Å²) in [5.74, 6) is 0.997. The van der Waals surface area contributed by atoms with Crippen molar-refractivity contribution in [3.63, 3.8) is 0 Å². The zero-order chi connectivity index (χ0) is 25.5. The van der Waals surface area contributed by atoms with E-state index in [0.29, 0.717) is 18.9 Å². The van der Waals surface area contributed by atoms with E-state index in [4.69, 9.17) is 14.2 Å². The lowest BCUT2D eigenvalue weighted by molar-refractivity contribution is -0.145. The summed E-state index contributed by atoms with van der Waals surface area (Å²) in [6.45, 7) is 6.78. The Balaban J connectivity index is 1.27. The minimum atomic E-state index is -0.664. The molecule has 0 spiro atoms. The van der Waals surface area contributed by atoms with Crippen molar-refractivity contribution in [2.45, 2.75) is 38.8 Å². The third-order valence-electron chi connectivity index (χ3n) is 5.97. The Labute approximate surface area is 211 Å². The lowest BCUT2D eigenvalue weighted by Gasteiger charge is -2.28. The van der Waals surface area contributed by atoms with Gasteiger partial charge in [-0.1, -0.05) is 36.4 Å². The molecule has 7 heteroatoms. The maximum absolute atomic E-state index is 11.4. The van der Waals surface area contributed by atoms with Crippen molar-refractivity contribution < 1.29 is 24.1 Å². The number of aliphatic hydroxyl groups is 1. The summed E-state index contributed by atoms with van der Waals surface area (Å²) >= 11 is 0. The smallest absolute Gasteiger partial charge is 0.344 e. The topological polar surface area (TPSA) is 92.8 Å². The van der Waals surface area contributed by atoms with E-state index in [-0.39, 0.29) is 24.7 Å². The fourth-order valence-corrected chi connectivity index (χ4v) is 4.25. The summed E-state index contributed by atoms with van der Waals surface area (Å²) in [6.07, 6.45) is 0.0938. The average molecular weight is 491 g/mol. The molecule has 1 heterocycles. The number of rotatable bonds is 12. The highest BCUT2D eigenvalue weighted by molar-refractivity contribution is 6.10. The molecule has 0 saturated heterocycles. The molecule has 0 unspecified atom stereocenters. The fraction of sp³-hybridized carbons (Fsp3) is 0.345. The van der Waals surface area contributed by atoms with E-state index in [9.17, 15) is 9.90 Å². The molecule has 4 aromatic rings. The first-order valence-electron chi connectivity index (χ1n) is 12.3. The summed E-state index contributed by atoms with van der Waals surface area (Å²) in [7, 11) is 0. The average Bonchev–Trinajstić information content (AvgIpc) is 3.25. The second-order valence-corrected chi connectivity index (χ2v) is 9.49. The Morgan fingerprint density at radius 3 is 2.53 bits per heavy atom. The minimum Gasteiger partial charge on any atom is -0.490 e. The molecule has 36 heavy (non-hydrogen) atoms. The molecule has 190 valence electrons. The molecule has 4 rings (SSSR count). The number of β-amino-alcohol motifs (C(OH)–C–C–N with tert-alkyl or cyclic N) is 1. The number of fused-ring (bicyclic) bond motifs is 3. The summed E-state index contributed by atoms with van der Waals surface area (Å²) in [6, 6.07) is 21.7. The van der Waals surface area contributed by atoms with Crippen LogP contribution in [-0.4, -0.2) is 54.1 Å². The zero-order valence-electron chi connectivity index (χ0n) is 21.0. The van der Waals surface area contributed by atoms with Crippen LogP contribution in [0.2, 0.25) is 0 Å². The van der Waals surface area contributed by atoms with E-state index in [0.717, 1.165) is 39.5 Å². The molecule has 0 radical (unpaired) electrons. The molecule has 0 saturated carbocycles. The maximum Gasteiger partial charge on any atom is 0.344 e. The van der Waals surface area contributed by atoms with Gasteiger partial charge in [0.2, 0.25) is 0 Å². The van der Waals surface area contributed by atoms with Gasteiger partial charge in [-0.05, 0) is 63.1 Å². The van der Waals surface area contributed by atoms with E-state index in [1.165, 1.54) is 0 Å².